The molecule has 0 atom stereocenters. The van der Waals surface area contributed by atoms with E-state index >= 15 is 0 Å². The predicted molar refractivity (Wildman–Crippen MR) is 426 cm³/mol. The van der Waals surface area contributed by atoms with Crippen molar-refractivity contribution < 1.29 is 118 Å². The third-order valence-corrected chi connectivity index (χ3v) is 27.3. The predicted octanol–water partition coefficient (Wildman–Crippen LogP) is 19.5. The second-order valence-electron chi connectivity index (χ2n) is 25.3. The molecule has 0 aliphatic rings. The lowest BCUT2D eigenvalue weighted by molar-refractivity contribution is -0.0610. The van der Waals surface area contributed by atoms with Crippen molar-refractivity contribution in [3.05, 3.63) is 287 Å². The molecule has 0 aromatic carbocycles. The molecule has 12 aromatic rings. The molecule has 12 rings (SSSR count). The molecule has 0 saturated heterocycles. The summed E-state index contributed by atoms with van der Waals surface area (Å²) < 4.78 is 167. The molecule has 0 aliphatic carbocycles. The molecule has 0 saturated carbocycles. The highest BCUT2D eigenvalue weighted by Gasteiger charge is 2.47. The SMILES string of the molecule is CCc1ccc(Cc2ccc(Cc3ccc(C)o3)o2)o1.CCc1ccc(Cc2ccc(Cc3ccc(C)o3)o2)o1.CO[Si](C)(C)O[Si](C)(C)O[Si](C)(C)C.C[Si](C)(OCc1ccco1)OCc1ccco1.O.O=S.O=S.[2H]F.[2H]P=S.[3H]F.[H+].[H+].c1coc(CO[Si](OCc2ccco2)(OCc2ccco2)OCc2ccco2)c1. The zero-order chi connectivity index (χ0) is 82.1. The van der Waals surface area contributed by atoms with Crippen molar-refractivity contribution in [1.29, 1.82) is 4.18 Å². The first-order valence-electron chi connectivity index (χ1n) is 35.0. The molecule has 0 bridgehead atoms. The molecule has 0 aliphatic heterocycles. The fourth-order valence-electron chi connectivity index (χ4n) is 9.67. The van der Waals surface area contributed by atoms with Crippen molar-refractivity contribution in [2.75, 3.05) is 7.11 Å². The number of rotatable bonds is 33. The first-order chi connectivity index (χ1) is 53.3. The molecule has 35 heteroatoms. The van der Waals surface area contributed by atoms with Gasteiger partial charge in [0.2, 0.25) is 0 Å². The minimum atomic E-state index is -3.66. The van der Waals surface area contributed by atoms with E-state index in [1.54, 1.807) is 93.2 Å². The first-order valence-corrected chi connectivity index (χ1v) is 49.4. The molecule has 598 valence electrons. The molecule has 0 radical (unpaired) electrons. The van der Waals surface area contributed by atoms with Crippen LogP contribution in [0.2, 0.25) is 58.9 Å². The largest absolute Gasteiger partial charge is 1.00 e. The van der Waals surface area contributed by atoms with Gasteiger partial charge in [0.15, 0.2) is 33.4 Å². The van der Waals surface area contributed by atoms with Crippen LogP contribution in [0.5, 0.6) is 0 Å². The summed E-state index contributed by atoms with van der Waals surface area (Å²) >= 11 is 9.70. The number of hydrogen-bond donors (Lipinski definition) is 0. The van der Waals surface area contributed by atoms with Gasteiger partial charge in [-0.25, -0.2) is 0 Å². The zero-order valence-corrected chi connectivity index (χ0v) is 72.0. The van der Waals surface area contributed by atoms with E-state index in [1.165, 1.54) is 0 Å². The normalized spacial score (nSPS) is 11.4. The summed E-state index contributed by atoms with van der Waals surface area (Å²) in [6.45, 7) is 28.3. The van der Waals surface area contributed by atoms with Crippen LogP contribution in [0.25, 0.3) is 0 Å². The smallest absolute Gasteiger partial charge is 0.467 e. The number of halogens is 2. The Kier molecular flexibility index (Phi) is 43.2. The maximum Gasteiger partial charge on any atom is 1.00 e. The Morgan fingerprint density at radius 3 is 0.807 bits per heavy atom. The van der Waals surface area contributed by atoms with Crippen molar-refractivity contribution in [3.63, 3.8) is 0 Å². The van der Waals surface area contributed by atoms with Crippen molar-refractivity contribution in [2.24, 2.45) is 0 Å². The van der Waals surface area contributed by atoms with E-state index < -0.39 is 43.0 Å². The summed E-state index contributed by atoms with van der Waals surface area (Å²) in [6.07, 6.45) is 14.1. The van der Waals surface area contributed by atoms with Gasteiger partial charge in [-0.15, -0.1) is 0 Å². The fourth-order valence-corrected chi connectivity index (χ4v) is 24.0. The second kappa shape index (κ2) is 51.1. The van der Waals surface area contributed by atoms with Gasteiger partial charge >= 0.3 is 37.6 Å². The van der Waals surface area contributed by atoms with Gasteiger partial charge < -0.3 is 97.7 Å². The van der Waals surface area contributed by atoms with Crippen molar-refractivity contribution in [3.8, 4) is 0 Å². The molecule has 12 aromatic heterocycles. The van der Waals surface area contributed by atoms with E-state index in [2.05, 4.69) is 99.5 Å². The van der Waals surface area contributed by atoms with Gasteiger partial charge in [-0.05, 0) is 226 Å². The lowest BCUT2D eigenvalue weighted by Crippen LogP contribution is -2.52. The Bertz CT molecular complexity index is 3910. The summed E-state index contributed by atoms with van der Waals surface area (Å²) in [5, 5.41) is 0. The Morgan fingerprint density at radius 1 is 0.376 bits per heavy atom. The third kappa shape index (κ3) is 38.3. The molecule has 12 heterocycles. The average molecular weight is 1690 g/mol. The highest BCUT2D eigenvalue weighted by atomic mass is 32.4. The Balaban J connectivity index is 0.00000137. The van der Waals surface area contributed by atoms with Gasteiger partial charge in [0.25, 0.3) is 2.90 Å². The van der Waals surface area contributed by atoms with E-state index in [0.717, 1.165) is 93.5 Å². The van der Waals surface area contributed by atoms with Crippen molar-refractivity contribution in [2.45, 2.75) is 165 Å². The summed E-state index contributed by atoms with van der Waals surface area (Å²) in [4.78, 5) is 0. The standard InChI is InChI=1S/C20H20O8Si.2C17H18O3.C12H16O4Si.C8H24O3Si3.2FH.2OS.H2O.HPS/c1-5-17(21-9-1)13-25-29(26-14-18-6-2-10-22-18,27-15-19-7-3-11-23-19)28-16-20-8-4-12-24-20;2*1-3-13-6-7-15(19-13)11-17-9-8-16(20-17)10-14-5-4-12(2)18-14;1-17(2,15-9-11-5-3-7-13-11)16-10-12-6-4-8-14-12;1-9-13(5,6)11-14(7,8)10-12(2,3)4;;;2*1-2;;1-2/h1-12H,13-16H2;2*4-9H,3,10-11H2,1-2H3;3-8H,9-10H2,1-2H3;1-8H3;2*1H;;;1H2;1H/p+2/i;;;;;;;;;;1D/hTD. The molecule has 0 amide bonds. The van der Waals surface area contributed by atoms with Crippen LogP contribution < -0.4 is 0 Å². The van der Waals surface area contributed by atoms with Crippen molar-refractivity contribution >= 4 is 87.9 Å². The quantitative estimate of drug-likeness (QED) is 0.0272. The van der Waals surface area contributed by atoms with Crippen LogP contribution in [-0.4, -0.2) is 68.2 Å². The Hall–Kier alpha value is -7.54. The van der Waals surface area contributed by atoms with Gasteiger partial charge in [0.05, 0.1) is 103 Å². The number of aryl methyl sites for hydroxylation is 4. The van der Waals surface area contributed by atoms with Gasteiger partial charge in [-0.2, -0.15) is 8.42 Å². The maximum absolute atomic E-state index is 8.75. The lowest BCUT2D eigenvalue weighted by Gasteiger charge is -2.36. The molecule has 109 heavy (non-hydrogen) atoms. The monoisotopic (exact) mass is 1680 g/mol. The van der Waals surface area contributed by atoms with Crippen LogP contribution in [-0.2, 0) is 154 Å². The number of furan rings is 12. The topological polar surface area (TPSA) is 306 Å². The van der Waals surface area contributed by atoms with Crippen LogP contribution >= 0.6 is 7.96 Å². The summed E-state index contributed by atoms with van der Waals surface area (Å²) in [5.41, 5.74) is 0. The van der Waals surface area contributed by atoms with Crippen LogP contribution in [0.1, 0.15) is 120 Å². The van der Waals surface area contributed by atoms with Crippen LogP contribution in [0.4, 0.5) is 9.44 Å². The molecule has 0 fully saturated rings. The molecule has 24 nitrogen and oxygen atoms in total. The zero-order valence-electron chi connectivity index (χ0n) is 68.6. The number of hydrogen-bond acceptors (Lipinski definition) is 26. The summed E-state index contributed by atoms with van der Waals surface area (Å²) in [6, 6.07) is 45.7. The van der Waals surface area contributed by atoms with Gasteiger partial charge in [-0.1, -0.05) is 25.7 Å². The summed E-state index contributed by atoms with van der Waals surface area (Å²) in [7, 11) is -9.28. The fraction of sp³-hybridized carbons (Fsp3) is 0.351. The molecular formula is C74H103F2O24PS3Si5+2. The van der Waals surface area contributed by atoms with E-state index in [1.807, 2.05) is 124 Å². The summed E-state index contributed by atoms with van der Waals surface area (Å²) in [5.74, 6) is 15.4. The minimum absolute atomic E-state index is 0. The second-order valence-corrected chi connectivity index (χ2v) is 42.7. The van der Waals surface area contributed by atoms with Crippen LogP contribution in [0.15, 0.2) is 236 Å². The van der Waals surface area contributed by atoms with Crippen molar-refractivity contribution in [1.82, 2.24) is 0 Å². The Labute approximate surface area is 665 Å². The maximum atomic E-state index is 8.75. The van der Waals surface area contributed by atoms with E-state index in [4.69, 9.17) is 111 Å². The molecule has 2 N–H and O–H groups in total. The van der Waals surface area contributed by atoms with Crippen LogP contribution in [0.3, 0.4) is 0 Å². The van der Waals surface area contributed by atoms with E-state index in [9.17, 15) is 0 Å². The van der Waals surface area contributed by atoms with E-state index in [-0.39, 0.29) is 42.7 Å². The highest BCUT2D eigenvalue weighted by molar-refractivity contribution is 7.88. The lowest BCUT2D eigenvalue weighted by atomic mass is 10.2. The average Bonchev–Trinajstić information content (AvgIpc) is 1.16. The van der Waals surface area contributed by atoms with Gasteiger partial charge in [0, 0.05) is 20.0 Å². The first kappa shape index (κ1) is 92.1. The van der Waals surface area contributed by atoms with Gasteiger partial charge in [-0.3, -0.25) is 9.44 Å². The molecule has 0 unspecified atom stereocenters. The minimum Gasteiger partial charge on any atom is -0.467 e. The van der Waals surface area contributed by atoms with Gasteiger partial charge in [0.1, 0.15) is 105 Å². The Morgan fingerprint density at radius 2 is 0.606 bits per heavy atom. The third-order valence-electron chi connectivity index (χ3n) is 14.3. The molecular weight excluding hydrogens is 1580 g/mol. The van der Waals surface area contributed by atoms with Crippen LogP contribution in [0, 0.1) is 13.8 Å². The molecule has 0 spiro atoms. The van der Waals surface area contributed by atoms with E-state index in [0.29, 0.717) is 61.9 Å². The highest BCUT2D eigenvalue weighted by Crippen LogP contribution is 2.26.